The maximum atomic E-state index is 13.5. The van der Waals surface area contributed by atoms with Crippen LogP contribution in [0.1, 0.15) is 91.3 Å². The van der Waals surface area contributed by atoms with Gasteiger partial charge < -0.3 is 10.0 Å². The summed E-state index contributed by atoms with van der Waals surface area (Å²) in [5.74, 6) is 0.175. The number of phenolic OH excluding ortho intramolecular Hbond substituents is 1. The van der Waals surface area contributed by atoms with Crippen LogP contribution in [0, 0.1) is 13.8 Å². The van der Waals surface area contributed by atoms with Gasteiger partial charge in [-0.3, -0.25) is 9.89 Å². The number of carbonyl (C=O) groups is 1. The molecule has 5 heteroatoms. The van der Waals surface area contributed by atoms with Crippen LogP contribution in [0.3, 0.4) is 0 Å². The van der Waals surface area contributed by atoms with Crippen LogP contribution in [0.5, 0.6) is 5.75 Å². The van der Waals surface area contributed by atoms with Gasteiger partial charge in [-0.25, -0.2) is 0 Å². The molecule has 0 spiro atoms. The highest BCUT2D eigenvalue weighted by Crippen LogP contribution is 2.45. The Kier molecular flexibility index (Phi) is 6.08. The van der Waals surface area contributed by atoms with Gasteiger partial charge in [0.15, 0.2) is 0 Å². The molecule has 174 valence electrons. The first kappa shape index (κ1) is 23.1. The van der Waals surface area contributed by atoms with E-state index in [1.165, 1.54) is 5.56 Å². The van der Waals surface area contributed by atoms with Crippen molar-refractivity contribution in [3.05, 3.63) is 69.9 Å². The zero-order valence-corrected chi connectivity index (χ0v) is 20.6. The van der Waals surface area contributed by atoms with Gasteiger partial charge in [-0.2, -0.15) is 5.10 Å². The molecule has 1 atom stereocenters. The molecular formula is C28H35N3O2. The fraction of sp³-hybridized carbons (Fsp3) is 0.429. The van der Waals surface area contributed by atoms with Crippen molar-refractivity contribution in [2.45, 2.75) is 72.3 Å². The number of unbranched alkanes of at least 4 members (excludes halogenated alkanes) is 2. The summed E-state index contributed by atoms with van der Waals surface area (Å²) in [6.07, 6.45) is 3.14. The molecule has 0 saturated heterocycles. The zero-order chi connectivity index (χ0) is 23.9. The molecule has 5 nitrogen and oxygen atoms in total. The molecule has 4 rings (SSSR count). The third-order valence-corrected chi connectivity index (χ3v) is 6.65. The number of aromatic nitrogens is 2. The lowest BCUT2D eigenvalue weighted by Crippen LogP contribution is -2.30. The first-order valence-corrected chi connectivity index (χ1v) is 11.9. The van der Waals surface area contributed by atoms with E-state index in [0.717, 1.165) is 41.5 Å². The molecule has 0 bridgehead atoms. The average molecular weight is 446 g/mol. The number of H-pyrrole nitrogens is 1. The molecule has 0 radical (unpaired) electrons. The molecule has 3 aromatic rings. The Bertz CT molecular complexity index is 1150. The van der Waals surface area contributed by atoms with Gasteiger partial charge in [-0.15, -0.1) is 0 Å². The summed E-state index contributed by atoms with van der Waals surface area (Å²) in [6, 6.07) is 12.2. The minimum atomic E-state index is -0.229. The molecule has 1 amide bonds. The van der Waals surface area contributed by atoms with Gasteiger partial charge in [0.1, 0.15) is 17.1 Å². The monoisotopic (exact) mass is 445 g/mol. The molecule has 1 aliphatic heterocycles. The summed E-state index contributed by atoms with van der Waals surface area (Å²) >= 11 is 0. The topological polar surface area (TPSA) is 69.2 Å². The number of amides is 1. The lowest BCUT2D eigenvalue weighted by Gasteiger charge is -2.27. The van der Waals surface area contributed by atoms with Crippen LogP contribution in [-0.2, 0) is 5.41 Å². The van der Waals surface area contributed by atoms with Crippen molar-refractivity contribution in [3.8, 4) is 17.0 Å². The van der Waals surface area contributed by atoms with E-state index < -0.39 is 0 Å². The second kappa shape index (κ2) is 8.69. The highest BCUT2D eigenvalue weighted by atomic mass is 16.3. The summed E-state index contributed by atoms with van der Waals surface area (Å²) in [7, 11) is 0. The summed E-state index contributed by atoms with van der Waals surface area (Å²) in [5, 5.41) is 18.4. The molecule has 0 saturated carbocycles. The molecule has 2 N–H and O–H groups in total. The maximum Gasteiger partial charge on any atom is 0.273 e. The molecule has 33 heavy (non-hydrogen) atoms. The Labute approximate surface area is 196 Å². The first-order valence-electron chi connectivity index (χ1n) is 11.9. The highest BCUT2D eigenvalue weighted by Gasteiger charge is 2.42. The number of hydrogen-bond acceptors (Lipinski definition) is 3. The summed E-state index contributed by atoms with van der Waals surface area (Å²) in [4.78, 5) is 15.4. The summed E-state index contributed by atoms with van der Waals surface area (Å²) in [5.41, 5.74) is 7.07. The van der Waals surface area contributed by atoms with Gasteiger partial charge in [0.25, 0.3) is 5.91 Å². The van der Waals surface area contributed by atoms with E-state index in [9.17, 15) is 9.90 Å². The molecule has 0 fully saturated rings. The lowest BCUT2D eigenvalue weighted by atomic mass is 9.85. The smallest absolute Gasteiger partial charge is 0.273 e. The Hall–Kier alpha value is -3.08. The normalized spacial score (nSPS) is 15.9. The predicted octanol–water partition coefficient (Wildman–Crippen LogP) is 6.43. The number of aryl methyl sites for hydroxylation is 2. The number of fused-ring (bicyclic) bond motifs is 1. The molecule has 1 aromatic heterocycles. The number of benzene rings is 2. The molecule has 0 aliphatic carbocycles. The van der Waals surface area contributed by atoms with Crippen LogP contribution >= 0.6 is 0 Å². The number of aromatic hydroxyl groups is 1. The quantitative estimate of drug-likeness (QED) is 0.429. The van der Waals surface area contributed by atoms with Crippen molar-refractivity contribution in [2.75, 3.05) is 6.54 Å². The largest absolute Gasteiger partial charge is 0.507 e. The van der Waals surface area contributed by atoms with Crippen LogP contribution in [0.15, 0.2) is 36.4 Å². The van der Waals surface area contributed by atoms with E-state index in [1.54, 1.807) is 6.07 Å². The minimum absolute atomic E-state index is 0.0194. The van der Waals surface area contributed by atoms with Crippen LogP contribution in [0.25, 0.3) is 11.3 Å². The standard InChI is InChI=1S/C28H35N3O2/c1-7-8-9-14-31-26(19-10-12-20(13-11-19)28(4,5)6)23-24(29-30-25(23)27(31)33)22-18(3)15-17(2)16-21(22)32/h10-13,15-16,26,32H,7-9,14H2,1-6H3,(H,29,30). The molecule has 2 heterocycles. The van der Waals surface area contributed by atoms with Crippen LogP contribution in [0.2, 0.25) is 0 Å². The number of carbonyl (C=O) groups excluding carboxylic acids is 1. The zero-order valence-electron chi connectivity index (χ0n) is 20.6. The highest BCUT2D eigenvalue weighted by molar-refractivity contribution is 6.00. The van der Waals surface area contributed by atoms with E-state index in [0.29, 0.717) is 23.5 Å². The Balaban J connectivity index is 1.86. The van der Waals surface area contributed by atoms with E-state index in [2.05, 4.69) is 62.2 Å². The van der Waals surface area contributed by atoms with Crippen LogP contribution in [-0.4, -0.2) is 32.7 Å². The lowest BCUT2D eigenvalue weighted by molar-refractivity contribution is 0.0740. The van der Waals surface area contributed by atoms with Gasteiger partial charge in [-0.1, -0.05) is 70.9 Å². The number of nitrogens with zero attached hydrogens (tertiary/aromatic N) is 2. The summed E-state index contributed by atoms with van der Waals surface area (Å²) in [6.45, 7) is 13.4. The van der Waals surface area contributed by atoms with Crippen LogP contribution in [0.4, 0.5) is 0 Å². The fourth-order valence-electron chi connectivity index (χ4n) is 4.92. The van der Waals surface area contributed by atoms with E-state index in [-0.39, 0.29) is 23.1 Å². The second-order valence-corrected chi connectivity index (χ2v) is 10.3. The Morgan fingerprint density at radius 2 is 1.79 bits per heavy atom. The third-order valence-electron chi connectivity index (χ3n) is 6.65. The van der Waals surface area contributed by atoms with E-state index in [1.807, 2.05) is 24.8 Å². The van der Waals surface area contributed by atoms with E-state index >= 15 is 0 Å². The third kappa shape index (κ3) is 4.17. The number of phenols is 1. The van der Waals surface area contributed by atoms with Crippen molar-refractivity contribution < 1.29 is 9.90 Å². The molecule has 1 aliphatic rings. The first-order chi connectivity index (χ1) is 15.6. The molecule has 2 aromatic carbocycles. The second-order valence-electron chi connectivity index (χ2n) is 10.3. The average Bonchev–Trinajstić information content (AvgIpc) is 3.27. The van der Waals surface area contributed by atoms with Gasteiger partial charge in [0, 0.05) is 17.7 Å². The number of hydrogen-bond donors (Lipinski definition) is 2. The Morgan fingerprint density at radius 1 is 1.09 bits per heavy atom. The maximum absolute atomic E-state index is 13.5. The van der Waals surface area contributed by atoms with Crippen molar-refractivity contribution in [2.24, 2.45) is 0 Å². The molecule has 1 unspecified atom stereocenters. The number of rotatable bonds is 6. The predicted molar refractivity (Wildman–Crippen MR) is 133 cm³/mol. The summed E-state index contributed by atoms with van der Waals surface area (Å²) < 4.78 is 0. The van der Waals surface area contributed by atoms with Crippen molar-refractivity contribution in [1.29, 1.82) is 0 Å². The van der Waals surface area contributed by atoms with Crippen molar-refractivity contribution in [3.63, 3.8) is 0 Å². The van der Waals surface area contributed by atoms with Crippen molar-refractivity contribution in [1.82, 2.24) is 15.1 Å². The SMILES string of the molecule is CCCCCN1C(=O)c2[nH]nc(-c3c(C)cc(C)cc3O)c2C1c1ccc(C(C)(C)C)cc1. The van der Waals surface area contributed by atoms with Gasteiger partial charge in [0.05, 0.1) is 6.04 Å². The minimum Gasteiger partial charge on any atom is -0.507 e. The van der Waals surface area contributed by atoms with Crippen LogP contribution < -0.4 is 0 Å². The van der Waals surface area contributed by atoms with Gasteiger partial charge in [-0.05, 0) is 54.0 Å². The number of nitrogens with one attached hydrogen (secondary N) is 1. The van der Waals surface area contributed by atoms with Crippen molar-refractivity contribution >= 4 is 5.91 Å². The number of aromatic amines is 1. The Morgan fingerprint density at radius 3 is 2.39 bits per heavy atom. The van der Waals surface area contributed by atoms with Gasteiger partial charge >= 0.3 is 0 Å². The fourth-order valence-corrected chi connectivity index (χ4v) is 4.92. The van der Waals surface area contributed by atoms with Gasteiger partial charge in [0.2, 0.25) is 0 Å². The molecular weight excluding hydrogens is 410 g/mol. The van der Waals surface area contributed by atoms with E-state index in [4.69, 9.17) is 0 Å².